The largest absolute Gasteiger partial charge is 0.493 e. The molecule has 0 fully saturated rings. The van der Waals surface area contributed by atoms with E-state index in [2.05, 4.69) is 4.72 Å². The minimum Gasteiger partial charge on any atom is -0.493 e. The molecule has 1 aromatic carbocycles. The first kappa shape index (κ1) is 15.3. The molecule has 0 saturated carbocycles. The molecule has 0 aliphatic carbocycles. The fourth-order valence-corrected chi connectivity index (χ4v) is 3.33. The van der Waals surface area contributed by atoms with Gasteiger partial charge in [0.05, 0.1) is 11.5 Å². The average molecular weight is 299 g/mol. The van der Waals surface area contributed by atoms with Crippen molar-refractivity contribution in [3.63, 3.8) is 0 Å². The molecule has 2 rings (SSSR count). The van der Waals surface area contributed by atoms with Crippen LogP contribution in [0, 0.1) is 0 Å². The van der Waals surface area contributed by atoms with Gasteiger partial charge in [-0.3, -0.25) is 0 Å². The van der Waals surface area contributed by atoms with E-state index in [9.17, 15) is 8.42 Å². The number of rotatable bonds is 8. The maximum Gasteiger partial charge on any atom is 0.240 e. The van der Waals surface area contributed by atoms with Gasteiger partial charge in [0.15, 0.2) is 0 Å². The van der Waals surface area contributed by atoms with Gasteiger partial charge < -0.3 is 9.84 Å². The van der Waals surface area contributed by atoms with E-state index in [-0.39, 0.29) is 6.61 Å². The Labute approximate surface area is 120 Å². The second-order valence-electron chi connectivity index (χ2n) is 4.90. The number of aliphatic hydroxyl groups excluding tert-OH is 1. The van der Waals surface area contributed by atoms with Crippen molar-refractivity contribution < 1.29 is 18.3 Å². The van der Waals surface area contributed by atoms with Crippen LogP contribution in [-0.2, 0) is 16.4 Å². The molecule has 0 spiro atoms. The van der Waals surface area contributed by atoms with Crippen LogP contribution in [-0.4, -0.2) is 33.3 Å². The summed E-state index contributed by atoms with van der Waals surface area (Å²) < 4.78 is 32.2. The van der Waals surface area contributed by atoms with E-state index in [1.165, 1.54) is 0 Å². The van der Waals surface area contributed by atoms with Crippen LogP contribution in [0.3, 0.4) is 0 Å². The standard InChI is InChI=1S/C14H21NO4S/c16-9-4-2-1-3-8-15-20(17,18)13-5-6-14-12(11-13)7-10-19-14/h5-6,11,15-16H,1-4,7-10H2. The minimum atomic E-state index is -3.43. The average Bonchev–Trinajstić information content (AvgIpc) is 2.90. The van der Waals surface area contributed by atoms with E-state index in [1.54, 1.807) is 18.2 Å². The molecular weight excluding hydrogens is 278 g/mol. The van der Waals surface area contributed by atoms with Crippen LogP contribution >= 0.6 is 0 Å². The molecule has 112 valence electrons. The number of aliphatic hydroxyl groups is 1. The molecule has 1 aliphatic heterocycles. The van der Waals surface area contributed by atoms with Crippen LogP contribution in [0.25, 0.3) is 0 Å². The van der Waals surface area contributed by atoms with E-state index in [4.69, 9.17) is 9.84 Å². The van der Waals surface area contributed by atoms with Crippen molar-refractivity contribution in [3.05, 3.63) is 23.8 Å². The van der Waals surface area contributed by atoms with Gasteiger partial charge in [0.25, 0.3) is 0 Å². The first-order valence-electron chi connectivity index (χ1n) is 7.00. The maximum atomic E-state index is 12.1. The van der Waals surface area contributed by atoms with Gasteiger partial charge in [-0.2, -0.15) is 0 Å². The molecule has 0 atom stereocenters. The summed E-state index contributed by atoms with van der Waals surface area (Å²) in [6.07, 6.45) is 4.17. The number of unbranched alkanes of at least 4 members (excludes halogenated alkanes) is 3. The lowest BCUT2D eigenvalue weighted by Crippen LogP contribution is -2.24. The summed E-state index contributed by atoms with van der Waals surface area (Å²) in [5.41, 5.74) is 0.954. The molecule has 5 nitrogen and oxygen atoms in total. The number of hydrogen-bond donors (Lipinski definition) is 2. The van der Waals surface area contributed by atoms with Crippen LogP contribution in [0.15, 0.2) is 23.1 Å². The van der Waals surface area contributed by atoms with Crippen molar-refractivity contribution in [3.8, 4) is 5.75 Å². The summed E-state index contributed by atoms with van der Waals surface area (Å²) >= 11 is 0. The highest BCUT2D eigenvalue weighted by Crippen LogP contribution is 2.27. The molecule has 0 amide bonds. The Hall–Kier alpha value is -1.11. The maximum absolute atomic E-state index is 12.1. The summed E-state index contributed by atoms with van der Waals surface area (Å²) in [5, 5.41) is 8.66. The molecule has 1 heterocycles. The van der Waals surface area contributed by atoms with Crippen LogP contribution in [0.4, 0.5) is 0 Å². The van der Waals surface area contributed by atoms with Gasteiger partial charge >= 0.3 is 0 Å². The fourth-order valence-electron chi connectivity index (χ4n) is 2.21. The SMILES string of the molecule is O=S(=O)(NCCCCCCO)c1ccc2c(c1)CCO2. The lowest BCUT2D eigenvalue weighted by molar-refractivity contribution is 0.282. The zero-order chi connectivity index (χ0) is 14.4. The molecule has 0 aromatic heterocycles. The molecular formula is C14H21NO4S. The molecule has 20 heavy (non-hydrogen) atoms. The van der Waals surface area contributed by atoms with E-state index >= 15 is 0 Å². The second kappa shape index (κ2) is 7.06. The van der Waals surface area contributed by atoms with Gasteiger partial charge in [-0.1, -0.05) is 12.8 Å². The topological polar surface area (TPSA) is 75.6 Å². The number of fused-ring (bicyclic) bond motifs is 1. The van der Waals surface area contributed by atoms with Crippen LogP contribution < -0.4 is 9.46 Å². The molecule has 0 bridgehead atoms. The van der Waals surface area contributed by atoms with E-state index in [1.807, 2.05) is 0 Å². The molecule has 0 saturated heterocycles. The van der Waals surface area contributed by atoms with Crippen molar-refractivity contribution in [1.29, 1.82) is 0 Å². The van der Waals surface area contributed by atoms with E-state index in [0.717, 1.165) is 43.4 Å². The third-order valence-corrected chi connectivity index (χ3v) is 4.81. The monoisotopic (exact) mass is 299 g/mol. The van der Waals surface area contributed by atoms with Crippen LogP contribution in [0.1, 0.15) is 31.2 Å². The molecule has 0 radical (unpaired) electrons. The first-order chi connectivity index (χ1) is 9.63. The number of hydrogen-bond acceptors (Lipinski definition) is 4. The number of ether oxygens (including phenoxy) is 1. The van der Waals surface area contributed by atoms with Gasteiger partial charge in [-0.05, 0) is 36.6 Å². The molecule has 2 N–H and O–H groups in total. The molecule has 6 heteroatoms. The smallest absolute Gasteiger partial charge is 0.240 e. The highest BCUT2D eigenvalue weighted by molar-refractivity contribution is 7.89. The van der Waals surface area contributed by atoms with Crippen molar-refractivity contribution in [1.82, 2.24) is 4.72 Å². The van der Waals surface area contributed by atoms with E-state index < -0.39 is 10.0 Å². The van der Waals surface area contributed by atoms with E-state index in [0.29, 0.717) is 18.0 Å². The number of nitrogens with one attached hydrogen (secondary N) is 1. The predicted octanol–water partition coefficient (Wildman–Crippen LogP) is 1.45. The fraction of sp³-hybridized carbons (Fsp3) is 0.571. The summed E-state index contributed by atoms with van der Waals surface area (Å²) in [4.78, 5) is 0.303. The quantitative estimate of drug-likeness (QED) is 0.712. The van der Waals surface area contributed by atoms with Crippen molar-refractivity contribution >= 4 is 10.0 Å². The Bertz CT molecular complexity index is 542. The van der Waals surface area contributed by atoms with Gasteiger partial charge in [-0.25, -0.2) is 13.1 Å². The van der Waals surface area contributed by atoms with Crippen LogP contribution in [0.2, 0.25) is 0 Å². The Morgan fingerprint density at radius 2 is 2.00 bits per heavy atom. The number of sulfonamides is 1. The first-order valence-corrected chi connectivity index (χ1v) is 8.48. The van der Waals surface area contributed by atoms with Gasteiger partial charge in [0.2, 0.25) is 10.0 Å². The van der Waals surface area contributed by atoms with Gasteiger partial charge in [0.1, 0.15) is 5.75 Å². The van der Waals surface area contributed by atoms with Gasteiger partial charge in [0, 0.05) is 19.6 Å². The molecule has 1 aliphatic rings. The summed E-state index contributed by atoms with van der Waals surface area (Å²) in [5.74, 6) is 0.785. The zero-order valence-corrected chi connectivity index (χ0v) is 12.3. The summed E-state index contributed by atoms with van der Waals surface area (Å²) in [6.45, 7) is 1.25. The third-order valence-electron chi connectivity index (χ3n) is 3.35. The summed E-state index contributed by atoms with van der Waals surface area (Å²) in [6, 6.07) is 4.99. The highest BCUT2D eigenvalue weighted by Gasteiger charge is 2.18. The predicted molar refractivity (Wildman–Crippen MR) is 76.4 cm³/mol. The number of benzene rings is 1. The van der Waals surface area contributed by atoms with Gasteiger partial charge in [-0.15, -0.1) is 0 Å². The van der Waals surface area contributed by atoms with Crippen molar-refractivity contribution in [2.75, 3.05) is 19.8 Å². The zero-order valence-electron chi connectivity index (χ0n) is 11.5. The third kappa shape index (κ3) is 3.94. The highest BCUT2D eigenvalue weighted by atomic mass is 32.2. The molecule has 1 aromatic rings. The normalized spacial score (nSPS) is 14.1. The van der Waals surface area contributed by atoms with Crippen molar-refractivity contribution in [2.24, 2.45) is 0 Å². The Morgan fingerprint density at radius 3 is 2.80 bits per heavy atom. The Morgan fingerprint density at radius 1 is 1.20 bits per heavy atom. The summed E-state index contributed by atoms with van der Waals surface area (Å²) in [7, 11) is -3.43. The van der Waals surface area contributed by atoms with Crippen LogP contribution in [0.5, 0.6) is 5.75 Å². The Kier molecular flexibility index (Phi) is 5.39. The lowest BCUT2D eigenvalue weighted by atomic mass is 10.2. The molecule has 0 unspecified atom stereocenters. The lowest BCUT2D eigenvalue weighted by Gasteiger charge is -2.08. The minimum absolute atomic E-state index is 0.197. The Balaban J connectivity index is 1.87. The second-order valence-corrected chi connectivity index (χ2v) is 6.67. The van der Waals surface area contributed by atoms with Crippen molar-refractivity contribution in [2.45, 2.75) is 37.0 Å².